The smallest absolute Gasteiger partial charge is 0.130 e. The lowest BCUT2D eigenvalue weighted by Crippen LogP contribution is -1.82. The summed E-state index contributed by atoms with van der Waals surface area (Å²) < 4.78 is 14.1. The molecule has 1 nitrogen and oxygen atoms in total. The maximum Gasteiger partial charge on any atom is 0.130 e. The third-order valence-corrected chi connectivity index (χ3v) is 2.52. The summed E-state index contributed by atoms with van der Waals surface area (Å²) in [5, 5.41) is 0. The van der Waals surface area contributed by atoms with Crippen molar-refractivity contribution in [3.8, 4) is 0 Å². The molecule has 2 rings (SSSR count). The fourth-order valence-corrected chi connectivity index (χ4v) is 1.66. The Morgan fingerprint density at radius 1 is 1.00 bits per heavy atom. The molecule has 0 aliphatic carbocycles. The van der Waals surface area contributed by atoms with Crippen LogP contribution in [0.15, 0.2) is 47.1 Å². The summed E-state index contributed by atoms with van der Waals surface area (Å²) in [7, 11) is 0. The van der Waals surface area contributed by atoms with Gasteiger partial charge in [0.1, 0.15) is 10.4 Å². The second-order valence-corrected chi connectivity index (χ2v) is 4.05. The van der Waals surface area contributed by atoms with Gasteiger partial charge in [-0.15, -0.1) is 0 Å². The predicted octanol–water partition coefficient (Wildman–Crippen LogP) is 4.15. The van der Waals surface area contributed by atoms with E-state index in [-0.39, 0.29) is 5.82 Å². The average Bonchev–Trinajstić information content (AvgIpc) is 2.28. The van der Waals surface area contributed by atoms with E-state index in [0.717, 1.165) is 10.3 Å². The van der Waals surface area contributed by atoms with Gasteiger partial charge in [0.15, 0.2) is 0 Å². The van der Waals surface area contributed by atoms with Crippen LogP contribution >= 0.6 is 15.9 Å². The fourth-order valence-electron chi connectivity index (χ4n) is 1.30. The molecule has 0 spiro atoms. The van der Waals surface area contributed by atoms with Crippen molar-refractivity contribution in [2.75, 3.05) is 0 Å². The molecule has 1 aromatic heterocycles. The van der Waals surface area contributed by atoms with Crippen molar-refractivity contribution >= 4 is 28.1 Å². The molecule has 0 aliphatic heterocycles. The summed E-state index contributed by atoms with van der Waals surface area (Å²) in [4.78, 5) is 4.23. The van der Waals surface area contributed by atoms with Gasteiger partial charge in [-0.2, -0.15) is 0 Å². The molecule has 16 heavy (non-hydrogen) atoms. The molecule has 80 valence electrons. The number of halogens is 2. The number of hydrogen-bond acceptors (Lipinski definition) is 1. The zero-order chi connectivity index (χ0) is 11.4. The quantitative estimate of drug-likeness (QED) is 0.752. The largest absolute Gasteiger partial charge is 0.242 e. The summed E-state index contributed by atoms with van der Waals surface area (Å²) >= 11 is 3.28. The van der Waals surface area contributed by atoms with Crippen molar-refractivity contribution in [3.63, 3.8) is 0 Å². The van der Waals surface area contributed by atoms with Gasteiger partial charge in [-0.1, -0.05) is 24.3 Å². The average molecular weight is 278 g/mol. The molecule has 2 aromatic rings. The number of rotatable bonds is 2. The van der Waals surface area contributed by atoms with Gasteiger partial charge in [-0.3, -0.25) is 0 Å². The Kier molecular flexibility index (Phi) is 3.47. The van der Waals surface area contributed by atoms with Crippen LogP contribution in [-0.4, -0.2) is 4.98 Å². The summed E-state index contributed by atoms with van der Waals surface area (Å²) in [5.74, 6) is -0.228. The zero-order valence-electron chi connectivity index (χ0n) is 8.40. The van der Waals surface area contributed by atoms with Crippen LogP contribution in [0.3, 0.4) is 0 Å². The minimum Gasteiger partial charge on any atom is -0.242 e. The monoisotopic (exact) mass is 277 g/mol. The van der Waals surface area contributed by atoms with E-state index < -0.39 is 0 Å². The first kappa shape index (κ1) is 11.0. The van der Waals surface area contributed by atoms with Crippen LogP contribution in [-0.2, 0) is 0 Å². The van der Waals surface area contributed by atoms with Gasteiger partial charge in [-0.25, -0.2) is 9.37 Å². The summed E-state index contributed by atoms with van der Waals surface area (Å²) in [5.41, 5.74) is 1.35. The molecule has 0 atom stereocenters. The van der Waals surface area contributed by atoms with E-state index in [1.165, 1.54) is 6.07 Å². The van der Waals surface area contributed by atoms with E-state index >= 15 is 0 Å². The lowest BCUT2D eigenvalue weighted by molar-refractivity contribution is 0.625. The molecule has 1 heterocycles. The van der Waals surface area contributed by atoms with Gasteiger partial charge in [-0.05, 0) is 46.3 Å². The number of pyridine rings is 1. The molecule has 0 saturated carbocycles. The van der Waals surface area contributed by atoms with Crippen LogP contribution < -0.4 is 0 Å². The van der Waals surface area contributed by atoms with Crippen molar-refractivity contribution in [1.29, 1.82) is 0 Å². The summed E-state index contributed by atoms with van der Waals surface area (Å²) in [6, 6.07) is 12.2. The maximum atomic E-state index is 13.3. The third-order valence-electron chi connectivity index (χ3n) is 2.08. The van der Waals surface area contributed by atoms with Crippen molar-refractivity contribution in [3.05, 3.63) is 64.1 Å². The van der Waals surface area contributed by atoms with Gasteiger partial charge < -0.3 is 0 Å². The molecule has 0 bridgehead atoms. The Bertz CT molecular complexity index is 523. The first-order chi connectivity index (χ1) is 7.75. The Morgan fingerprint density at radius 3 is 2.56 bits per heavy atom. The first-order valence-electron chi connectivity index (χ1n) is 4.81. The zero-order valence-corrected chi connectivity index (χ0v) is 9.99. The van der Waals surface area contributed by atoms with E-state index in [1.807, 2.05) is 18.2 Å². The number of hydrogen-bond donors (Lipinski definition) is 0. The molecular formula is C13H9BrFN. The number of aromatic nitrogens is 1. The maximum absolute atomic E-state index is 13.3. The summed E-state index contributed by atoms with van der Waals surface area (Å²) in [6.45, 7) is 0. The molecule has 0 saturated heterocycles. The normalized spacial score (nSPS) is 10.9. The van der Waals surface area contributed by atoms with Crippen molar-refractivity contribution in [2.45, 2.75) is 0 Å². The van der Waals surface area contributed by atoms with E-state index in [1.54, 1.807) is 30.4 Å². The molecule has 3 heteroatoms. The minimum atomic E-state index is -0.228. The van der Waals surface area contributed by atoms with E-state index in [4.69, 9.17) is 0 Å². The lowest BCUT2D eigenvalue weighted by atomic mass is 10.2. The first-order valence-corrected chi connectivity index (χ1v) is 5.60. The Labute approximate surface area is 102 Å². The number of nitrogens with zero attached hydrogens (tertiary/aromatic N) is 1. The third kappa shape index (κ3) is 2.76. The lowest BCUT2D eigenvalue weighted by Gasteiger charge is -1.96. The van der Waals surface area contributed by atoms with Crippen LogP contribution in [0, 0.1) is 5.82 Å². The van der Waals surface area contributed by atoms with Gasteiger partial charge >= 0.3 is 0 Å². The molecular weight excluding hydrogens is 269 g/mol. The highest BCUT2D eigenvalue weighted by Gasteiger charge is 1.95. The number of benzene rings is 1. The Hall–Kier alpha value is -1.48. The molecule has 0 radical (unpaired) electrons. The molecule has 0 amide bonds. The molecule has 1 aromatic carbocycles. The highest BCUT2D eigenvalue weighted by molar-refractivity contribution is 9.10. The second kappa shape index (κ2) is 5.03. The standard InChI is InChI=1S/C13H9BrFN/c14-13-7-3-5-11(16-13)9-8-10-4-1-2-6-12(10)15/h1-9H. The molecule has 0 N–H and O–H groups in total. The van der Waals surface area contributed by atoms with Gasteiger partial charge in [0.2, 0.25) is 0 Å². The van der Waals surface area contributed by atoms with Gasteiger partial charge in [0.25, 0.3) is 0 Å². The van der Waals surface area contributed by atoms with Gasteiger partial charge in [0.05, 0.1) is 5.69 Å². The van der Waals surface area contributed by atoms with Crippen molar-refractivity contribution in [2.24, 2.45) is 0 Å². The Morgan fingerprint density at radius 2 is 1.81 bits per heavy atom. The summed E-state index contributed by atoms with van der Waals surface area (Å²) in [6.07, 6.45) is 3.49. The fraction of sp³-hybridized carbons (Fsp3) is 0. The van der Waals surface area contributed by atoms with Crippen LogP contribution in [0.25, 0.3) is 12.2 Å². The second-order valence-electron chi connectivity index (χ2n) is 3.24. The van der Waals surface area contributed by atoms with E-state index in [2.05, 4.69) is 20.9 Å². The van der Waals surface area contributed by atoms with E-state index in [9.17, 15) is 4.39 Å². The molecule has 0 aliphatic rings. The minimum absolute atomic E-state index is 0.228. The van der Waals surface area contributed by atoms with Crippen LogP contribution in [0.2, 0.25) is 0 Å². The van der Waals surface area contributed by atoms with Gasteiger partial charge in [0, 0.05) is 5.56 Å². The predicted molar refractivity (Wildman–Crippen MR) is 67.3 cm³/mol. The highest BCUT2D eigenvalue weighted by Crippen LogP contribution is 2.12. The highest BCUT2D eigenvalue weighted by atomic mass is 79.9. The van der Waals surface area contributed by atoms with E-state index in [0.29, 0.717) is 5.56 Å². The molecule has 0 fully saturated rings. The van der Waals surface area contributed by atoms with Crippen LogP contribution in [0.4, 0.5) is 4.39 Å². The Balaban J connectivity index is 2.25. The van der Waals surface area contributed by atoms with Crippen molar-refractivity contribution in [1.82, 2.24) is 4.98 Å². The SMILES string of the molecule is Fc1ccccc1C=Cc1cccc(Br)n1. The van der Waals surface area contributed by atoms with Crippen LogP contribution in [0.1, 0.15) is 11.3 Å². The van der Waals surface area contributed by atoms with Crippen molar-refractivity contribution < 1.29 is 4.39 Å². The van der Waals surface area contributed by atoms with Crippen LogP contribution in [0.5, 0.6) is 0 Å². The molecule has 0 unspecified atom stereocenters. The topological polar surface area (TPSA) is 12.9 Å².